The second kappa shape index (κ2) is 4.40. The van der Waals surface area contributed by atoms with Crippen molar-refractivity contribution in [2.24, 2.45) is 5.73 Å². The van der Waals surface area contributed by atoms with Gasteiger partial charge in [-0.15, -0.1) is 0 Å². The number of primary amides is 1. The van der Waals surface area contributed by atoms with Gasteiger partial charge in [0.25, 0.3) is 0 Å². The van der Waals surface area contributed by atoms with Gasteiger partial charge < -0.3 is 10.5 Å². The predicted molar refractivity (Wildman–Crippen MR) is 60.7 cm³/mol. The molecule has 0 spiro atoms. The van der Waals surface area contributed by atoms with Crippen molar-refractivity contribution in [2.75, 3.05) is 19.1 Å². The lowest BCUT2D eigenvalue weighted by Gasteiger charge is -2.19. The summed E-state index contributed by atoms with van der Waals surface area (Å²) in [5.41, 5.74) is 6.60. The molecule has 15 heavy (non-hydrogen) atoms. The first-order chi connectivity index (χ1) is 6.97. The molecule has 1 aromatic rings. The Morgan fingerprint density at radius 1 is 1.53 bits per heavy atom. The molecule has 0 aliphatic heterocycles. The number of benzene rings is 1. The van der Waals surface area contributed by atoms with Gasteiger partial charge in [-0.1, -0.05) is 11.6 Å². The summed E-state index contributed by atoms with van der Waals surface area (Å²) in [5.74, 6) is 0.598. The van der Waals surface area contributed by atoms with E-state index in [4.69, 9.17) is 22.1 Å². The summed E-state index contributed by atoms with van der Waals surface area (Å²) in [6.07, 6.45) is 0. The van der Waals surface area contributed by atoms with Gasteiger partial charge in [-0.05, 0) is 24.6 Å². The van der Waals surface area contributed by atoms with Crippen LogP contribution >= 0.6 is 11.6 Å². The molecular weight excluding hydrogens is 216 g/mol. The third-order valence-electron chi connectivity index (χ3n) is 2.12. The van der Waals surface area contributed by atoms with E-state index in [1.807, 2.05) is 6.92 Å². The van der Waals surface area contributed by atoms with E-state index < -0.39 is 6.03 Å². The van der Waals surface area contributed by atoms with Crippen LogP contribution in [-0.4, -0.2) is 20.2 Å². The lowest BCUT2D eigenvalue weighted by Crippen LogP contribution is -2.32. The highest BCUT2D eigenvalue weighted by atomic mass is 35.5. The Hall–Kier alpha value is -1.42. The van der Waals surface area contributed by atoms with Crippen LogP contribution in [0.3, 0.4) is 0 Å². The fraction of sp³-hybridized carbons (Fsp3) is 0.300. The summed E-state index contributed by atoms with van der Waals surface area (Å²) < 4.78 is 5.19. The molecule has 1 rings (SSSR count). The standard InChI is InChI=1S/C10H13ClN2O2/c1-6-4-7(11)5-8(9(6)15-3)13(2)10(12)14/h4-5H,1-3H3,(H2,12,14). The number of rotatable bonds is 2. The number of nitrogens with two attached hydrogens (primary N) is 1. The molecule has 2 N–H and O–H groups in total. The van der Waals surface area contributed by atoms with Crippen LogP contribution in [-0.2, 0) is 0 Å². The number of hydrogen-bond donors (Lipinski definition) is 1. The van der Waals surface area contributed by atoms with E-state index in [2.05, 4.69) is 0 Å². The van der Waals surface area contributed by atoms with Crippen LogP contribution in [0.4, 0.5) is 10.5 Å². The van der Waals surface area contributed by atoms with Gasteiger partial charge in [-0.3, -0.25) is 4.90 Å². The maximum absolute atomic E-state index is 11.0. The van der Waals surface area contributed by atoms with Gasteiger partial charge in [0.1, 0.15) is 5.75 Å². The molecule has 1 aromatic carbocycles. The molecule has 0 fully saturated rings. The van der Waals surface area contributed by atoms with Gasteiger partial charge >= 0.3 is 6.03 Å². The second-order valence-corrected chi connectivity index (χ2v) is 3.61. The number of anilines is 1. The molecule has 0 atom stereocenters. The maximum atomic E-state index is 11.0. The molecule has 82 valence electrons. The van der Waals surface area contributed by atoms with Crippen molar-refractivity contribution in [1.29, 1.82) is 0 Å². The van der Waals surface area contributed by atoms with E-state index in [1.54, 1.807) is 19.2 Å². The number of urea groups is 1. The smallest absolute Gasteiger partial charge is 0.319 e. The monoisotopic (exact) mass is 228 g/mol. The van der Waals surface area contributed by atoms with Crippen molar-refractivity contribution in [1.82, 2.24) is 0 Å². The highest BCUT2D eigenvalue weighted by Crippen LogP contribution is 2.34. The van der Waals surface area contributed by atoms with Crippen LogP contribution in [0.1, 0.15) is 5.56 Å². The number of hydrogen-bond acceptors (Lipinski definition) is 2. The zero-order chi connectivity index (χ0) is 11.6. The van der Waals surface area contributed by atoms with Crippen LogP contribution in [0.2, 0.25) is 5.02 Å². The lowest BCUT2D eigenvalue weighted by molar-refractivity contribution is 0.255. The van der Waals surface area contributed by atoms with E-state index in [0.29, 0.717) is 16.5 Å². The minimum Gasteiger partial charge on any atom is -0.494 e. The van der Waals surface area contributed by atoms with Crippen LogP contribution in [0.25, 0.3) is 0 Å². The molecule has 0 aromatic heterocycles. The highest BCUT2D eigenvalue weighted by molar-refractivity contribution is 6.31. The normalized spacial score (nSPS) is 9.87. The highest BCUT2D eigenvalue weighted by Gasteiger charge is 2.15. The fourth-order valence-electron chi connectivity index (χ4n) is 1.35. The minimum absolute atomic E-state index is 0.538. The van der Waals surface area contributed by atoms with Crippen molar-refractivity contribution < 1.29 is 9.53 Å². The Kier molecular flexibility index (Phi) is 3.42. The van der Waals surface area contributed by atoms with Crippen LogP contribution in [0.5, 0.6) is 5.75 Å². The molecular formula is C10H13ClN2O2. The Morgan fingerprint density at radius 3 is 2.60 bits per heavy atom. The van der Waals surface area contributed by atoms with E-state index in [1.165, 1.54) is 12.0 Å². The molecule has 0 saturated carbocycles. The zero-order valence-electron chi connectivity index (χ0n) is 8.87. The zero-order valence-corrected chi connectivity index (χ0v) is 9.63. The average molecular weight is 229 g/mol. The van der Waals surface area contributed by atoms with Crippen molar-refractivity contribution in [3.63, 3.8) is 0 Å². The number of carbonyl (C=O) groups excluding carboxylic acids is 1. The molecule has 0 heterocycles. The first-order valence-electron chi connectivity index (χ1n) is 4.34. The van der Waals surface area contributed by atoms with Crippen molar-refractivity contribution >= 4 is 23.3 Å². The predicted octanol–water partition coefficient (Wildman–Crippen LogP) is 2.17. The van der Waals surface area contributed by atoms with E-state index in [-0.39, 0.29) is 0 Å². The number of nitrogens with zero attached hydrogens (tertiary/aromatic N) is 1. The SMILES string of the molecule is COc1c(C)cc(Cl)cc1N(C)C(N)=O. The van der Waals surface area contributed by atoms with E-state index in [0.717, 1.165) is 5.56 Å². The first kappa shape index (κ1) is 11.7. The van der Waals surface area contributed by atoms with Crippen LogP contribution in [0.15, 0.2) is 12.1 Å². The van der Waals surface area contributed by atoms with Crippen molar-refractivity contribution in [3.8, 4) is 5.75 Å². The molecule has 0 saturated heterocycles. The van der Waals surface area contributed by atoms with Crippen LogP contribution < -0.4 is 15.4 Å². The molecule has 0 bridgehead atoms. The summed E-state index contributed by atoms with van der Waals surface area (Å²) >= 11 is 5.89. The molecule has 0 unspecified atom stereocenters. The summed E-state index contributed by atoms with van der Waals surface area (Å²) in [7, 11) is 3.10. The third-order valence-corrected chi connectivity index (χ3v) is 2.33. The second-order valence-electron chi connectivity index (χ2n) is 3.17. The van der Waals surface area contributed by atoms with Gasteiger partial charge in [0.15, 0.2) is 0 Å². The molecule has 0 aliphatic carbocycles. The average Bonchev–Trinajstić information content (AvgIpc) is 2.15. The fourth-order valence-corrected chi connectivity index (χ4v) is 1.61. The lowest BCUT2D eigenvalue weighted by atomic mass is 10.2. The number of aryl methyl sites for hydroxylation is 1. The van der Waals surface area contributed by atoms with Gasteiger partial charge in [0.2, 0.25) is 0 Å². The Morgan fingerprint density at radius 2 is 2.13 bits per heavy atom. The Labute approximate surface area is 93.6 Å². The minimum atomic E-state index is -0.560. The number of amides is 2. The molecule has 0 radical (unpaired) electrons. The summed E-state index contributed by atoms with van der Waals surface area (Å²) in [6.45, 7) is 1.85. The van der Waals surface area contributed by atoms with Gasteiger partial charge in [0.05, 0.1) is 12.8 Å². The van der Waals surface area contributed by atoms with Gasteiger partial charge in [0, 0.05) is 12.1 Å². The van der Waals surface area contributed by atoms with E-state index >= 15 is 0 Å². The van der Waals surface area contributed by atoms with E-state index in [9.17, 15) is 4.79 Å². The maximum Gasteiger partial charge on any atom is 0.319 e. The quantitative estimate of drug-likeness (QED) is 0.844. The number of ether oxygens (including phenoxy) is 1. The largest absolute Gasteiger partial charge is 0.494 e. The molecule has 0 aliphatic rings. The topological polar surface area (TPSA) is 55.6 Å². The van der Waals surface area contributed by atoms with Gasteiger partial charge in [-0.25, -0.2) is 4.79 Å². The summed E-state index contributed by atoms with van der Waals surface area (Å²) in [6, 6.07) is 2.84. The number of halogens is 1. The summed E-state index contributed by atoms with van der Waals surface area (Å²) in [5, 5.41) is 0.538. The molecule has 4 nitrogen and oxygen atoms in total. The van der Waals surface area contributed by atoms with Crippen LogP contribution in [0, 0.1) is 6.92 Å². The van der Waals surface area contributed by atoms with Crippen molar-refractivity contribution in [2.45, 2.75) is 6.92 Å². The van der Waals surface area contributed by atoms with Crippen molar-refractivity contribution in [3.05, 3.63) is 22.7 Å². The number of methoxy groups -OCH3 is 1. The molecule has 5 heteroatoms. The first-order valence-corrected chi connectivity index (χ1v) is 4.72. The Bertz CT molecular complexity index is 393. The Balaban J connectivity index is 3.32. The summed E-state index contributed by atoms with van der Waals surface area (Å²) in [4.78, 5) is 12.3. The molecule has 2 amide bonds. The van der Waals surface area contributed by atoms with Gasteiger partial charge in [-0.2, -0.15) is 0 Å². The number of carbonyl (C=O) groups is 1. The third kappa shape index (κ3) is 2.33.